The molecule has 1 atom stereocenters. The molecular formula is C15H17N5S. The zero-order chi connectivity index (χ0) is 14.1. The Kier molecular flexibility index (Phi) is 3.40. The Labute approximate surface area is 127 Å². The van der Waals surface area contributed by atoms with Gasteiger partial charge in [0, 0.05) is 30.5 Å². The highest BCUT2D eigenvalue weighted by Gasteiger charge is 2.25. The molecule has 3 aromatic heterocycles. The molecule has 1 aliphatic rings. The standard InChI is InChI=1S/C15H17N5S/c1-2-6-20(9-12-10-21-11-17-12)14(3-1)13-4-7-19-8-5-16-15(19)18-13/h4-5,7-8,10-11,14H,1-3,6,9H2/t14-/m0/s1. The second-order valence-corrected chi connectivity index (χ2v) is 6.17. The van der Waals surface area contributed by atoms with Gasteiger partial charge in [0.1, 0.15) is 0 Å². The topological polar surface area (TPSA) is 46.3 Å². The Balaban J connectivity index is 1.63. The van der Waals surface area contributed by atoms with Crippen molar-refractivity contribution in [1.29, 1.82) is 0 Å². The fourth-order valence-corrected chi connectivity index (χ4v) is 3.59. The Hall–Kier alpha value is -1.79. The molecule has 108 valence electrons. The quantitative estimate of drug-likeness (QED) is 0.746. The molecule has 0 radical (unpaired) electrons. The summed E-state index contributed by atoms with van der Waals surface area (Å²) in [6.45, 7) is 2.03. The summed E-state index contributed by atoms with van der Waals surface area (Å²) in [6.07, 6.45) is 9.46. The highest BCUT2D eigenvalue weighted by molar-refractivity contribution is 7.07. The zero-order valence-electron chi connectivity index (χ0n) is 11.7. The number of rotatable bonds is 3. The molecule has 4 rings (SSSR count). The van der Waals surface area contributed by atoms with Crippen LogP contribution in [0.2, 0.25) is 0 Å². The van der Waals surface area contributed by atoms with E-state index in [0.29, 0.717) is 6.04 Å². The van der Waals surface area contributed by atoms with Crippen molar-refractivity contribution in [3.63, 3.8) is 0 Å². The van der Waals surface area contributed by atoms with Gasteiger partial charge in [0.05, 0.1) is 22.9 Å². The van der Waals surface area contributed by atoms with Crippen LogP contribution < -0.4 is 0 Å². The van der Waals surface area contributed by atoms with E-state index in [9.17, 15) is 0 Å². The predicted molar refractivity (Wildman–Crippen MR) is 82.1 cm³/mol. The van der Waals surface area contributed by atoms with Crippen molar-refractivity contribution in [2.24, 2.45) is 0 Å². The summed E-state index contributed by atoms with van der Waals surface area (Å²) in [7, 11) is 0. The number of hydrogen-bond acceptors (Lipinski definition) is 5. The van der Waals surface area contributed by atoms with E-state index in [4.69, 9.17) is 4.98 Å². The summed E-state index contributed by atoms with van der Waals surface area (Å²) in [5.41, 5.74) is 4.20. The number of nitrogens with zero attached hydrogens (tertiary/aromatic N) is 5. The maximum absolute atomic E-state index is 4.73. The van der Waals surface area contributed by atoms with Crippen molar-refractivity contribution in [2.45, 2.75) is 31.8 Å². The maximum Gasteiger partial charge on any atom is 0.233 e. The second kappa shape index (κ2) is 5.54. The Morgan fingerprint density at radius 1 is 1.24 bits per heavy atom. The van der Waals surface area contributed by atoms with Crippen LogP contribution in [0.15, 0.2) is 35.5 Å². The smallest absolute Gasteiger partial charge is 0.233 e. The highest BCUT2D eigenvalue weighted by Crippen LogP contribution is 2.31. The van der Waals surface area contributed by atoms with Gasteiger partial charge in [-0.2, -0.15) is 0 Å². The van der Waals surface area contributed by atoms with Crippen molar-refractivity contribution in [1.82, 2.24) is 24.3 Å². The summed E-state index contributed by atoms with van der Waals surface area (Å²) in [4.78, 5) is 15.9. The molecule has 0 N–H and O–H groups in total. The summed E-state index contributed by atoms with van der Waals surface area (Å²) < 4.78 is 1.96. The molecule has 1 fully saturated rings. The first kappa shape index (κ1) is 12.9. The van der Waals surface area contributed by atoms with Gasteiger partial charge in [-0.05, 0) is 25.5 Å². The number of fused-ring (bicyclic) bond motifs is 1. The van der Waals surface area contributed by atoms with Crippen LogP contribution in [0.25, 0.3) is 5.78 Å². The number of piperidine rings is 1. The number of likely N-dealkylation sites (tertiary alicyclic amines) is 1. The van der Waals surface area contributed by atoms with E-state index in [0.717, 1.165) is 36.7 Å². The summed E-state index contributed by atoms with van der Waals surface area (Å²) in [5.74, 6) is 0.784. The lowest BCUT2D eigenvalue weighted by molar-refractivity contribution is 0.136. The second-order valence-electron chi connectivity index (χ2n) is 5.45. The van der Waals surface area contributed by atoms with Crippen LogP contribution in [0.3, 0.4) is 0 Å². The summed E-state index contributed by atoms with van der Waals surface area (Å²) in [6, 6.07) is 2.50. The van der Waals surface area contributed by atoms with Gasteiger partial charge in [-0.25, -0.2) is 15.0 Å². The molecule has 0 saturated carbocycles. The van der Waals surface area contributed by atoms with Crippen LogP contribution in [-0.2, 0) is 6.54 Å². The number of thiazole rings is 1. The minimum atomic E-state index is 0.377. The molecule has 3 aromatic rings. The van der Waals surface area contributed by atoms with Crippen LogP contribution in [0.5, 0.6) is 0 Å². The maximum atomic E-state index is 4.73. The Morgan fingerprint density at radius 2 is 2.24 bits per heavy atom. The normalized spacial score (nSPS) is 20.1. The van der Waals surface area contributed by atoms with Crippen LogP contribution in [0.4, 0.5) is 0 Å². The average Bonchev–Trinajstić information content (AvgIpc) is 3.18. The largest absolute Gasteiger partial charge is 0.291 e. The molecule has 0 bridgehead atoms. The van der Waals surface area contributed by atoms with E-state index >= 15 is 0 Å². The summed E-state index contributed by atoms with van der Waals surface area (Å²) in [5, 5.41) is 2.14. The lowest BCUT2D eigenvalue weighted by Crippen LogP contribution is -2.33. The fraction of sp³-hybridized carbons (Fsp3) is 0.400. The third-order valence-corrected chi connectivity index (χ3v) is 4.72. The molecule has 1 aliphatic heterocycles. The van der Waals surface area contributed by atoms with Gasteiger partial charge in [0.15, 0.2) is 0 Å². The average molecular weight is 299 g/mol. The van der Waals surface area contributed by atoms with Gasteiger partial charge in [-0.1, -0.05) is 6.42 Å². The minimum absolute atomic E-state index is 0.377. The van der Waals surface area contributed by atoms with Crippen molar-refractivity contribution in [2.75, 3.05) is 6.54 Å². The molecule has 0 unspecified atom stereocenters. The van der Waals surface area contributed by atoms with Crippen LogP contribution in [-0.4, -0.2) is 30.8 Å². The molecular weight excluding hydrogens is 282 g/mol. The first-order valence-corrected chi connectivity index (χ1v) is 8.25. The van der Waals surface area contributed by atoms with Crippen molar-refractivity contribution in [3.8, 4) is 0 Å². The molecule has 1 saturated heterocycles. The third kappa shape index (κ3) is 2.56. The number of aromatic nitrogens is 4. The molecule has 6 heteroatoms. The van der Waals surface area contributed by atoms with Gasteiger partial charge in [-0.3, -0.25) is 9.30 Å². The zero-order valence-corrected chi connectivity index (χ0v) is 12.5. The number of imidazole rings is 1. The predicted octanol–water partition coefficient (Wildman–Crippen LogP) is 2.91. The Bertz CT molecular complexity index is 721. The van der Waals surface area contributed by atoms with E-state index in [1.165, 1.54) is 12.8 Å². The molecule has 0 spiro atoms. The van der Waals surface area contributed by atoms with Crippen molar-refractivity contribution >= 4 is 17.1 Å². The molecule has 0 aromatic carbocycles. The van der Waals surface area contributed by atoms with Gasteiger partial charge in [0.25, 0.3) is 0 Å². The molecule has 5 nitrogen and oxygen atoms in total. The minimum Gasteiger partial charge on any atom is -0.291 e. The number of hydrogen-bond donors (Lipinski definition) is 0. The van der Waals surface area contributed by atoms with Crippen LogP contribution in [0, 0.1) is 0 Å². The van der Waals surface area contributed by atoms with E-state index in [2.05, 4.69) is 32.5 Å². The van der Waals surface area contributed by atoms with Gasteiger partial charge in [-0.15, -0.1) is 11.3 Å². The third-order valence-electron chi connectivity index (χ3n) is 4.09. The van der Waals surface area contributed by atoms with E-state index < -0.39 is 0 Å². The van der Waals surface area contributed by atoms with E-state index in [-0.39, 0.29) is 0 Å². The first-order valence-electron chi connectivity index (χ1n) is 7.31. The lowest BCUT2D eigenvalue weighted by atomic mass is 9.99. The molecule has 4 heterocycles. The molecule has 0 aliphatic carbocycles. The SMILES string of the molecule is c1cn2ccc([C@@H]3CCCCN3Cc3cscn3)nc2n1. The van der Waals surface area contributed by atoms with Crippen molar-refractivity contribution in [3.05, 3.63) is 46.9 Å². The van der Waals surface area contributed by atoms with Crippen molar-refractivity contribution < 1.29 is 0 Å². The fourth-order valence-electron chi connectivity index (χ4n) is 3.04. The van der Waals surface area contributed by atoms with Crippen LogP contribution >= 0.6 is 11.3 Å². The first-order chi connectivity index (χ1) is 10.4. The molecule has 21 heavy (non-hydrogen) atoms. The van der Waals surface area contributed by atoms with Crippen LogP contribution in [0.1, 0.15) is 36.7 Å². The van der Waals surface area contributed by atoms with E-state index in [1.807, 2.05) is 16.1 Å². The molecule has 0 amide bonds. The highest BCUT2D eigenvalue weighted by atomic mass is 32.1. The lowest BCUT2D eigenvalue weighted by Gasteiger charge is -2.34. The summed E-state index contributed by atoms with van der Waals surface area (Å²) >= 11 is 1.66. The Morgan fingerprint density at radius 3 is 3.14 bits per heavy atom. The van der Waals surface area contributed by atoms with Gasteiger partial charge >= 0.3 is 0 Å². The van der Waals surface area contributed by atoms with Gasteiger partial charge < -0.3 is 0 Å². The van der Waals surface area contributed by atoms with E-state index in [1.54, 1.807) is 17.5 Å². The monoisotopic (exact) mass is 299 g/mol. The van der Waals surface area contributed by atoms with Gasteiger partial charge in [0.2, 0.25) is 5.78 Å².